The van der Waals surface area contributed by atoms with Gasteiger partial charge >= 0.3 is 0 Å². The van der Waals surface area contributed by atoms with Crippen LogP contribution in [0.3, 0.4) is 0 Å². The quantitative estimate of drug-likeness (QED) is 0.0492. The van der Waals surface area contributed by atoms with E-state index in [2.05, 4.69) is 40.7 Å². The standard InChI is InChI=1S/C55H92O22/c1-24(21-69-77-52-48(67)45(64)42(61)37(20-57)73-52)10-15-55(7)25(2)38-36(75-55)18-35-32-9-8-30-17-31(11-13-53(30,5)34(32)12-14-54(35,38)6)76-70-22-29-16-28(19-56)49(74-51-47(66)44(63)40(59)27(4)72-51)41(60)33(29)23-68-50-46(65)43(62)39(58)26(3)71-50/h8,24-29,31-52,56-67H,9-23H2,1-7H3/t24-,25+,26-,27-,28+,29-,31+,32-,33-,34+,35-,36-,37-,38-,39+,40+,41+,42-,43-,44-,45+,46+,47+,48-,49+,50+,51-,52-,53+,54+,55-/m1/s1. The average Bonchev–Trinajstić information content (AvgIpc) is 4.02. The minimum Gasteiger partial charge on any atom is -0.396 e. The summed E-state index contributed by atoms with van der Waals surface area (Å²) in [6, 6.07) is 0. The maximum atomic E-state index is 12.0. The number of allylic oxidation sites excluding steroid dienone is 1. The van der Waals surface area contributed by atoms with E-state index in [1.807, 2.05) is 0 Å². The van der Waals surface area contributed by atoms with E-state index in [0.717, 1.165) is 57.8 Å². The Bertz CT molecular complexity index is 1970. The molecular formula is C55H92O22. The highest BCUT2D eigenvalue weighted by atomic mass is 17.2. The van der Waals surface area contributed by atoms with Crippen molar-refractivity contribution in [2.24, 2.45) is 64.1 Å². The summed E-state index contributed by atoms with van der Waals surface area (Å²) < 4.78 is 36.1. The third kappa shape index (κ3) is 11.5. The average molecular weight is 1110 g/mol. The molecule has 22 heteroatoms. The van der Waals surface area contributed by atoms with E-state index < -0.39 is 135 Å². The fourth-order valence-corrected chi connectivity index (χ4v) is 16.0. The predicted octanol–water partition coefficient (Wildman–Crippen LogP) is 0.112. The first kappa shape index (κ1) is 60.5. The molecule has 0 aromatic heterocycles. The molecule has 0 spiro atoms. The number of hydrogen-bond acceptors (Lipinski definition) is 22. The molecule has 0 unspecified atom stereocenters. The Morgan fingerprint density at radius 2 is 1.32 bits per heavy atom. The molecule has 9 rings (SSSR count). The molecule has 0 aromatic rings. The largest absolute Gasteiger partial charge is 0.396 e. The highest BCUT2D eigenvalue weighted by Crippen LogP contribution is 2.70. The summed E-state index contributed by atoms with van der Waals surface area (Å²) in [6.07, 6.45) is -12.1. The minimum absolute atomic E-state index is 0.00119. The third-order valence-corrected chi connectivity index (χ3v) is 21.1. The summed E-state index contributed by atoms with van der Waals surface area (Å²) in [6.45, 7) is 13.7. The van der Waals surface area contributed by atoms with Gasteiger partial charge in [0.05, 0.1) is 68.7 Å². The molecule has 22 nitrogen and oxygen atoms in total. The van der Waals surface area contributed by atoms with Gasteiger partial charge in [-0.2, -0.15) is 0 Å². The molecule has 0 bridgehead atoms. The summed E-state index contributed by atoms with van der Waals surface area (Å²) in [7, 11) is 0. The van der Waals surface area contributed by atoms with Gasteiger partial charge in [-0.25, -0.2) is 19.6 Å². The summed E-state index contributed by atoms with van der Waals surface area (Å²) in [5.41, 5.74) is 1.25. The van der Waals surface area contributed by atoms with Crippen LogP contribution in [-0.4, -0.2) is 216 Å². The first-order chi connectivity index (χ1) is 36.5. The Morgan fingerprint density at radius 1 is 0.662 bits per heavy atom. The zero-order chi connectivity index (χ0) is 55.6. The summed E-state index contributed by atoms with van der Waals surface area (Å²) in [5.74, 6) is 0.490. The molecule has 4 heterocycles. The van der Waals surface area contributed by atoms with Crippen LogP contribution in [0.15, 0.2) is 11.6 Å². The van der Waals surface area contributed by atoms with Gasteiger partial charge in [-0.1, -0.05) is 39.3 Å². The lowest BCUT2D eigenvalue weighted by Crippen LogP contribution is -2.61. The summed E-state index contributed by atoms with van der Waals surface area (Å²) in [5, 5.41) is 126. The Balaban J connectivity index is 0.787. The monoisotopic (exact) mass is 1100 g/mol. The number of aliphatic hydroxyl groups is 12. The molecule has 0 aromatic carbocycles. The molecule has 31 atom stereocenters. The van der Waals surface area contributed by atoms with Gasteiger partial charge in [-0.05, 0) is 137 Å². The van der Waals surface area contributed by atoms with Gasteiger partial charge in [0, 0.05) is 18.4 Å². The van der Waals surface area contributed by atoms with Crippen molar-refractivity contribution in [1.82, 2.24) is 0 Å². The van der Waals surface area contributed by atoms with Crippen molar-refractivity contribution in [3.8, 4) is 0 Å². The molecule has 77 heavy (non-hydrogen) atoms. The van der Waals surface area contributed by atoms with Gasteiger partial charge in [0.1, 0.15) is 61.0 Å². The van der Waals surface area contributed by atoms with E-state index in [1.54, 1.807) is 0 Å². The van der Waals surface area contributed by atoms with Gasteiger partial charge in [-0.3, -0.25) is 0 Å². The predicted molar refractivity (Wildman–Crippen MR) is 267 cm³/mol. The molecule has 8 fully saturated rings. The first-order valence-electron chi connectivity index (χ1n) is 28.7. The highest BCUT2D eigenvalue weighted by Gasteiger charge is 2.67. The lowest BCUT2D eigenvalue weighted by Gasteiger charge is -2.58. The van der Waals surface area contributed by atoms with E-state index in [0.29, 0.717) is 29.6 Å². The second-order valence-corrected chi connectivity index (χ2v) is 25.7. The molecule has 444 valence electrons. The van der Waals surface area contributed by atoms with Crippen molar-refractivity contribution in [2.75, 3.05) is 33.0 Å². The maximum absolute atomic E-state index is 12.0. The molecule has 4 saturated heterocycles. The van der Waals surface area contributed by atoms with E-state index in [1.165, 1.54) is 19.4 Å². The third-order valence-electron chi connectivity index (χ3n) is 21.1. The van der Waals surface area contributed by atoms with Crippen LogP contribution in [0.1, 0.15) is 113 Å². The van der Waals surface area contributed by atoms with Crippen LogP contribution in [0.25, 0.3) is 0 Å². The minimum atomic E-state index is -1.65. The van der Waals surface area contributed by atoms with Crippen LogP contribution in [-0.2, 0) is 48.0 Å². The van der Waals surface area contributed by atoms with Gasteiger partial charge in [0.25, 0.3) is 0 Å². The van der Waals surface area contributed by atoms with Crippen molar-refractivity contribution in [2.45, 2.75) is 235 Å². The van der Waals surface area contributed by atoms with Crippen LogP contribution in [0.2, 0.25) is 0 Å². The number of ether oxygens (including phenoxy) is 6. The van der Waals surface area contributed by atoms with Crippen molar-refractivity contribution in [1.29, 1.82) is 0 Å². The Hall–Kier alpha value is -1.14. The van der Waals surface area contributed by atoms with E-state index in [9.17, 15) is 61.3 Å². The molecule has 5 aliphatic carbocycles. The summed E-state index contributed by atoms with van der Waals surface area (Å²) in [4.78, 5) is 23.1. The van der Waals surface area contributed by atoms with Crippen LogP contribution in [0, 0.1) is 64.1 Å². The van der Waals surface area contributed by atoms with Gasteiger partial charge in [-0.15, -0.1) is 0 Å². The molecule has 9 aliphatic rings. The van der Waals surface area contributed by atoms with Crippen molar-refractivity contribution < 1.29 is 109 Å². The molecule has 0 amide bonds. The van der Waals surface area contributed by atoms with Crippen LogP contribution in [0.5, 0.6) is 0 Å². The number of rotatable bonds is 18. The van der Waals surface area contributed by atoms with Crippen molar-refractivity contribution >= 4 is 0 Å². The fourth-order valence-electron chi connectivity index (χ4n) is 16.0. The Morgan fingerprint density at radius 3 is 2.01 bits per heavy atom. The SMILES string of the molecule is C[C@H](CC[C@@]1(C)O[C@@H]2C[C@@H]3[C@@H]4CC=C5C[C@@H](OOC[C@H]6C[C@@H](CO)[C@H](O[C@H]7O[C@H](C)[C@H](O)[C@@H](O)[C@@H]7O)[C@@H](O)[C@@H]6CO[C@H]6O[C@H](C)[C@H](O)[C@@H](O)[C@@H]6O)CC[C@]5(C)[C@H]4CC[C@]3(C)[C@@H]2[C@@H]1C)COO[C@H]1O[C@H](CO)[C@@H](O)[C@H](O)[C@H]1O. The smallest absolute Gasteiger partial charge is 0.220 e. The topological polar surface area (TPSA) is 335 Å². The van der Waals surface area contributed by atoms with Crippen LogP contribution in [0.4, 0.5) is 0 Å². The maximum Gasteiger partial charge on any atom is 0.220 e. The van der Waals surface area contributed by atoms with Gasteiger partial charge in [0.2, 0.25) is 6.29 Å². The Labute approximate surface area is 451 Å². The summed E-state index contributed by atoms with van der Waals surface area (Å²) >= 11 is 0. The number of fused-ring (bicyclic) bond motifs is 7. The second kappa shape index (κ2) is 24.2. The van der Waals surface area contributed by atoms with Gasteiger partial charge < -0.3 is 89.7 Å². The molecule has 4 saturated carbocycles. The van der Waals surface area contributed by atoms with E-state index in [4.69, 9.17) is 48.0 Å². The molecule has 0 radical (unpaired) electrons. The molecule has 12 N–H and O–H groups in total. The lowest BCUT2D eigenvalue weighted by molar-refractivity contribution is -0.428. The molecular weight excluding hydrogens is 1010 g/mol. The first-order valence-corrected chi connectivity index (χ1v) is 28.7. The second-order valence-electron chi connectivity index (χ2n) is 25.7. The normalized spacial score (nSPS) is 53.2. The van der Waals surface area contributed by atoms with Crippen LogP contribution >= 0.6 is 0 Å². The Kier molecular flexibility index (Phi) is 19.0. The van der Waals surface area contributed by atoms with Crippen molar-refractivity contribution in [3.05, 3.63) is 11.6 Å². The van der Waals surface area contributed by atoms with Crippen molar-refractivity contribution in [3.63, 3.8) is 0 Å². The number of hydrogen-bond donors (Lipinski definition) is 12. The highest BCUT2D eigenvalue weighted by molar-refractivity contribution is 5.26. The number of aliphatic hydroxyl groups excluding tert-OH is 12. The fraction of sp³-hybridized carbons (Fsp3) is 0.964. The van der Waals surface area contributed by atoms with Crippen LogP contribution < -0.4 is 0 Å². The zero-order valence-electron chi connectivity index (χ0n) is 45.8. The van der Waals surface area contributed by atoms with E-state index in [-0.39, 0.29) is 60.8 Å². The van der Waals surface area contributed by atoms with E-state index >= 15 is 0 Å². The lowest BCUT2D eigenvalue weighted by atomic mass is 9.46. The van der Waals surface area contributed by atoms with Gasteiger partial charge in [0.15, 0.2) is 12.6 Å². The molecule has 4 aliphatic heterocycles. The zero-order valence-corrected chi connectivity index (χ0v) is 45.8.